The number of nitrogens with one attached hydrogen (secondary N) is 3. The molecule has 3 heterocycles. The third-order valence-corrected chi connectivity index (χ3v) is 9.66. The first-order valence-corrected chi connectivity index (χ1v) is 17.3. The molecule has 2 fully saturated rings. The van der Waals surface area contributed by atoms with Crippen molar-refractivity contribution in [2.75, 3.05) is 30.8 Å². The van der Waals surface area contributed by atoms with Gasteiger partial charge in [-0.3, -0.25) is 19.4 Å². The molecule has 0 radical (unpaired) electrons. The number of methoxy groups -OCH3 is 1. The predicted octanol–water partition coefficient (Wildman–Crippen LogP) is 7.33. The molecule has 2 saturated heterocycles. The largest absolute Gasteiger partial charge is 0.497 e. The van der Waals surface area contributed by atoms with Crippen LogP contribution in [-0.2, 0) is 20.9 Å². The maximum atomic E-state index is 13.6. The van der Waals surface area contributed by atoms with E-state index in [1.807, 2.05) is 84.9 Å². The third kappa shape index (κ3) is 7.13. The van der Waals surface area contributed by atoms with Gasteiger partial charge in [-0.1, -0.05) is 54.6 Å². The zero-order valence-corrected chi connectivity index (χ0v) is 28.6. The van der Waals surface area contributed by atoms with Gasteiger partial charge in [-0.05, 0) is 84.8 Å². The number of carbonyl (C=O) groups excluding carboxylic acids is 3. The van der Waals surface area contributed by atoms with E-state index in [0.29, 0.717) is 55.9 Å². The highest BCUT2D eigenvalue weighted by molar-refractivity contribution is 6.07. The van der Waals surface area contributed by atoms with E-state index < -0.39 is 24.3 Å². The van der Waals surface area contributed by atoms with Crippen LogP contribution in [0.15, 0.2) is 97.1 Å². The summed E-state index contributed by atoms with van der Waals surface area (Å²) in [6.07, 6.45) is 0.747. The number of carboxylic acid groups (broad SMARTS) is 1. The molecule has 7 rings (SSSR count). The number of fused-ring (bicyclic) bond motifs is 1. The number of hydrogen-bond acceptors (Lipinski definition) is 6. The molecule has 12 heteroatoms. The van der Waals surface area contributed by atoms with Crippen LogP contribution in [0.25, 0.3) is 33.3 Å². The molecule has 2 atom stereocenters. The molecule has 2 aliphatic heterocycles. The lowest BCUT2D eigenvalue weighted by Gasteiger charge is -2.23. The van der Waals surface area contributed by atoms with Crippen LogP contribution in [0.5, 0.6) is 5.75 Å². The Balaban J connectivity index is 1.14. The van der Waals surface area contributed by atoms with Crippen molar-refractivity contribution in [1.29, 1.82) is 0 Å². The Hall–Kier alpha value is -6.30. The molecule has 266 valence electrons. The van der Waals surface area contributed by atoms with Gasteiger partial charge in [0.15, 0.2) is 0 Å². The number of aromatic nitrogens is 1. The van der Waals surface area contributed by atoms with Crippen LogP contribution in [0.1, 0.15) is 31.2 Å². The molecule has 4 aromatic carbocycles. The zero-order valence-electron chi connectivity index (χ0n) is 28.6. The molecule has 1 aromatic heterocycles. The normalized spacial score (nSPS) is 16.9. The van der Waals surface area contributed by atoms with Crippen LogP contribution in [0.3, 0.4) is 0 Å². The Kier molecular flexibility index (Phi) is 9.79. The lowest BCUT2D eigenvalue weighted by Crippen LogP contribution is -2.43. The average Bonchev–Trinajstić information content (AvgIpc) is 3.94. The van der Waals surface area contributed by atoms with Crippen LogP contribution in [0.4, 0.5) is 21.0 Å². The highest BCUT2D eigenvalue weighted by Gasteiger charge is 2.36. The highest BCUT2D eigenvalue weighted by Crippen LogP contribution is 2.41. The van der Waals surface area contributed by atoms with Crippen LogP contribution >= 0.6 is 0 Å². The minimum Gasteiger partial charge on any atom is -0.497 e. The Morgan fingerprint density at radius 1 is 0.769 bits per heavy atom. The molecule has 0 bridgehead atoms. The van der Waals surface area contributed by atoms with E-state index in [0.717, 1.165) is 38.9 Å². The molecule has 2 aliphatic rings. The van der Waals surface area contributed by atoms with Crippen LogP contribution in [0, 0.1) is 0 Å². The smallest absolute Gasteiger partial charge is 0.410 e. The summed E-state index contributed by atoms with van der Waals surface area (Å²) < 4.78 is 11.1. The minimum atomic E-state index is -1.10. The van der Waals surface area contributed by atoms with Gasteiger partial charge in [0.2, 0.25) is 11.8 Å². The van der Waals surface area contributed by atoms with Crippen molar-refractivity contribution >= 4 is 46.3 Å². The maximum Gasteiger partial charge on any atom is 0.410 e. The Labute approximate surface area is 300 Å². The lowest BCUT2D eigenvalue weighted by atomic mass is 9.97. The van der Waals surface area contributed by atoms with Crippen LogP contribution in [-0.4, -0.2) is 76.2 Å². The standard InChI is InChI=1S/C40H39N5O7/c1-51-30-11-5-10-27(22-30)35-31-23-29(42-38(47)34-13-7-21-45(34)40(50)52-24-25-8-3-2-4-9-25)18-19-32(31)43-36(35)26-14-16-28(17-15-26)41-37(46)33-12-6-20-44(33)39(48)49/h2-5,8-11,14-19,22-23,33-34,43H,6-7,12-13,20-21,24H2,1H3,(H,41,46)(H,42,47)(H,48,49)/t33-,34-/m0/s1. The lowest BCUT2D eigenvalue weighted by molar-refractivity contribution is -0.120. The Bertz CT molecular complexity index is 2110. The summed E-state index contributed by atoms with van der Waals surface area (Å²) in [6.45, 7) is 0.914. The summed E-state index contributed by atoms with van der Waals surface area (Å²) in [6, 6.07) is 28.8. The third-order valence-electron chi connectivity index (χ3n) is 9.66. The summed E-state index contributed by atoms with van der Waals surface area (Å²) in [5, 5.41) is 16.2. The fourth-order valence-corrected chi connectivity index (χ4v) is 7.06. The number of ether oxygens (including phenoxy) is 2. The summed E-state index contributed by atoms with van der Waals surface area (Å²) >= 11 is 0. The number of likely N-dealkylation sites (tertiary alicyclic amines) is 2. The van der Waals surface area contributed by atoms with Crippen molar-refractivity contribution in [3.63, 3.8) is 0 Å². The van der Waals surface area contributed by atoms with E-state index in [2.05, 4.69) is 15.6 Å². The fraction of sp³-hybridized carbons (Fsp3) is 0.250. The number of nitrogens with zero attached hydrogens (tertiary/aromatic N) is 2. The van der Waals surface area contributed by atoms with Gasteiger partial charge in [0.1, 0.15) is 24.4 Å². The Morgan fingerprint density at radius 3 is 2.15 bits per heavy atom. The molecule has 12 nitrogen and oxygen atoms in total. The van der Waals surface area contributed by atoms with Gasteiger partial charge in [-0.25, -0.2) is 9.59 Å². The molecule has 52 heavy (non-hydrogen) atoms. The molecule has 0 saturated carbocycles. The van der Waals surface area contributed by atoms with E-state index >= 15 is 0 Å². The molecule has 0 spiro atoms. The van der Waals surface area contributed by atoms with Crippen molar-refractivity contribution in [2.45, 2.75) is 44.4 Å². The zero-order chi connectivity index (χ0) is 36.2. The first-order valence-electron chi connectivity index (χ1n) is 17.3. The van der Waals surface area contributed by atoms with Gasteiger partial charge in [-0.15, -0.1) is 0 Å². The average molecular weight is 702 g/mol. The van der Waals surface area contributed by atoms with Gasteiger partial charge in [0.05, 0.1) is 12.8 Å². The molecule has 4 amide bonds. The second-order valence-electron chi connectivity index (χ2n) is 12.9. The van der Waals surface area contributed by atoms with E-state index in [1.165, 1.54) is 9.80 Å². The van der Waals surface area contributed by atoms with Gasteiger partial charge in [0.25, 0.3) is 0 Å². The van der Waals surface area contributed by atoms with Crippen molar-refractivity contribution in [1.82, 2.24) is 14.8 Å². The second-order valence-corrected chi connectivity index (χ2v) is 12.9. The second kappa shape index (κ2) is 14.9. The van der Waals surface area contributed by atoms with E-state index in [-0.39, 0.29) is 18.4 Å². The number of hydrogen-bond donors (Lipinski definition) is 4. The number of rotatable bonds is 9. The molecule has 4 N–H and O–H groups in total. The number of benzene rings is 4. The molecular formula is C40H39N5O7. The summed E-state index contributed by atoms with van der Waals surface area (Å²) in [5.41, 5.74) is 6.29. The van der Waals surface area contributed by atoms with Crippen molar-refractivity contribution in [2.24, 2.45) is 0 Å². The van der Waals surface area contributed by atoms with Crippen LogP contribution < -0.4 is 15.4 Å². The quantitative estimate of drug-likeness (QED) is 0.126. The number of amides is 4. The Morgan fingerprint density at radius 2 is 1.44 bits per heavy atom. The van der Waals surface area contributed by atoms with E-state index in [4.69, 9.17) is 9.47 Å². The fourth-order valence-electron chi connectivity index (χ4n) is 7.06. The molecule has 5 aromatic rings. The van der Waals surface area contributed by atoms with Gasteiger partial charge in [-0.2, -0.15) is 0 Å². The maximum absolute atomic E-state index is 13.6. The number of H-pyrrole nitrogens is 1. The molecular weight excluding hydrogens is 662 g/mol. The van der Waals surface area contributed by atoms with E-state index in [1.54, 1.807) is 19.2 Å². The summed E-state index contributed by atoms with van der Waals surface area (Å²) in [4.78, 5) is 57.3. The monoisotopic (exact) mass is 701 g/mol. The van der Waals surface area contributed by atoms with Gasteiger partial charge in [0, 0.05) is 40.9 Å². The highest BCUT2D eigenvalue weighted by atomic mass is 16.6. The summed E-state index contributed by atoms with van der Waals surface area (Å²) in [5.74, 6) is 0.0479. The topological polar surface area (TPSA) is 153 Å². The van der Waals surface area contributed by atoms with Crippen LogP contribution in [0.2, 0.25) is 0 Å². The minimum absolute atomic E-state index is 0.132. The van der Waals surface area contributed by atoms with Gasteiger partial charge < -0.3 is 30.2 Å². The number of anilines is 2. The SMILES string of the molecule is COc1cccc(-c2c(-c3ccc(NC(=O)[C@@H]4CCCN4C(=O)O)cc3)[nH]c3ccc(NC(=O)[C@@H]4CCCN4C(=O)OCc4ccccc4)cc23)c1. The molecule has 0 unspecified atom stereocenters. The van der Waals surface area contributed by atoms with Crippen molar-refractivity contribution < 1.29 is 33.8 Å². The van der Waals surface area contributed by atoms with Gasteiger partial charge >= 0.3 is 12.2 Å². The number of aromatic amines is 1. The van der Waals surface area contributed by atoms with E-state index in [9.17, 15) is 24.3 Å². The summed E-state index contributed by atoms with van der Waals surface area (Å²) in [7, 11) is 1.61. The first-order chi connectivity index (χ1) is 25.3. The predicted molar refractivity (Wildman–Crippen MR) is 197 cm³/mol. The van der Waals surface area contributed by atoms with Crippen molar-refractivity contribution in [3.8, 4) is 28.1 Å². The first kappa shape index (κ1) is 34.2. The number of carbonyl (C=O) groups is 4. The molecule has 0 aliphatic carbocycles. The van der Waals surface area contributed by atoms with Crippen molar-refractivity contribution in [3.05, 3.63) is 103 Å².